The molecule has 2 aromatic rings. The summed E-state index contributed by atoms with van der Waals surface area (Å²) in [7, 11) is 0. The highest BCUT2D eigenvalue weighted by Gasteiger charge is 2.27. The number of aliphatic hydroxyl groups is 1. The lowest BCUT2D eigenvalue weighted by Gasteiger charge is -2.31. The molecular formula is C14H16FN3O. The Morgan fingerprint density at radius 2 is 2.26 bits per heavy atom. The predicted octanol–water partition coefficient (Wildman–Crippen LogP) is 2.14. The van der Waals surface area contributed by atoms with Crippen molar-refractivity contribution in [3.63, 3.8) is 0 Å². The molecule has 1 fully saturated rings. The highest BCUT2D eigenvalue weighted by atomic mass is 19.1. The molecule has 0 spiro atoms. The summed E-state index contributed by atoms with van der Waals surface area (Å²) in [6.45, 7) is 0.642. The number of nitrogens with two attached hydrogens (primary N) is 1. The maximum Gasteiger partial charge on any atom is 0.150 e. The van der Waals surface area contributed by atoms with E-state index in [4.69, 9.17) is 5.73 Å². The van der Waals surface area contributed by atoms with Gasteiger partial charge in [0.25, 0.3) is 0 Å². The van der Waals surface area contributed by atoms with Crippen LogP contribution in [0.3, 0.4) is 0 Å². The number of nitrogen functional groups attached to an aromatic ring is 1. The van der Waals surface area contributed by atoms with Crippen LogP contribution in [0.5, 0.6) is 0 Å². The Bertz CT molecular complexity index is 611. The predicted molar refractivity (Wildman–Crippen MR) is 73.3 cm³/mol. The number of nitrogens with zero attached hydrogens (tertiary/aromatic N) is 1. The Balaban J connectivity index is 1.89. The molecule has 1 aliphatic carbocycles. The molecule has 1 aliphatic rings. The van der Waals surface area contributed by atoms with Crippen LogP contribution in [0, 0.1) is 11.7 Å². The minimum Gasteiger partial charge on any atom is -0.398 e. The van der Waals surface area contributed by atoms with Gasteiger partial charge in [-0.25, -0.2) is 4.39 Å². The molecule has 1 aromatic heterocycles. The van der Waals surface area contributed by atoms with Crippen molar-refractivity contribution in [2.45, 2.75) is 18.9 Å². The first-order valence-corrected chi connectivity index (χ1v) is 6.40. The zero-order valence-corrected chi connectivity index (χ0v) is 10.4. The monoisotopic (exact) mass is 261 g/mol. The molecule has 0 atom stereocenters. The summed E-state index contributed by atoms with van der Waals surface area (Å²) in [5.41, 5.74) is 7.14. The van der Waals surface area contributed by atoms with Gasteiger partial charge in [0.15, 0.2) is 5.82 Å². The molecule has 0 amide bonds. The van der Waals surface area contributed by atoms with E-state index in [9.17, 15) is 9.50 Å². The summed E-state index contributed by atoms with van der Waals surface area (Å²) in [6.07, 6.45) is 2.97. The van der Waals surface area contributed by atoms with E-state index < -0.39 is 0 Å². The molecule has 100 valence electrons. The number of hydrogen-bond acceptors (Lipinski definition) is 4. The first kappa shape index (κ1) is 12.2. The van der Waals surface area contributed by atoms with Gasteiger partial charge in [-0.3, -0.25) is 4.98 Å². The van der Waals surface area contributed by atoms with Crippen LogP contribution in [0.25, 0.3) is 10.9 Å². The fourth-order valence-electron chi connectivity index (χ4n) is 2.52. The number of halogens is 1. The molecule has 0 bridgehead atoms. The number of nitrogens with one attached hydrogen (secondary N) is 1. The van der Waals surface area contributed by atoms with E-state index in [0.717, 1.165) is 18.2 Å². The minimum atomic E-state index is -0.386. The lowest BCUT2D eigenvalue weighted by molar-refractivity contribution is 0.0487. The van der Waals surface area contributed by atoms with E-state index in [1.54, 1.807) is 12.3 Å². The van der Waals surface area contributed by atoms with Crippen molar-refractivity contribution in [2.24, 2.45) is 5.92 Å². The fourth-order valence-corrected chi connectivity index (χ4v) is 2.52. The second-order valence-electron chi connectivity index (χ2n) is 5.09. The average molecular weight is 261 g/mol. The minimum absolute atomic E-state index is 0.196. The molecule has 0 radical (unpaired) electrons. The standard InChI is InChI=1S/C14H16FN3O/c15-11-6-12(16)10-2-1-3-17-13(10)14(11)18-7-8-4-9(19)5-8/h1-3,6,8-9,18-19H,4-5,7,16H2. The van der Waals surface area contributed by atoms with Crippen LogP contribution in [0.15, 0.2) is 24.4 Å². The molecule has 0 aliphatic heterocycles. The van der Waals surface area contributed by atoms with Crippen molar-refractivity contribution in [2.75, 3.05) is 17.6 Å². The van der Waals surface area contributed by atoms with Crippen molar-refractivity contribution < 1.29 is 9.50 Å². The van der Waals surface area contributed by atoms with Crippen molar-refractivity contribution >= 4 is 22.3 Å². The number of pyridine rings is 1. The first-order chi connectivity index (χ1) is 9.15. The van der Waals surface area contributed by atoms with Crippen LogP contribution in [0.4, 0.5) is 15.8 Å². The smallest absolute Gasteiger partial charge is 0.150 e. The molecule has 4 nitrogen and oxygen atoms in total. The normalized spacial score (nSPS) is 22.2. The van der Waals surface area contributed by atoms with Crippen LogP contribution in [-0.2, 0) is 0 Å². The van der Waals surface area contributed by atoms with Crippen molar-refractivity contribution in [3.8, 4) is 0 Å². The van der Waals surface area contributed by atoms with Crippen LogP contribution in [0.1, 0.15) is 12.8 Å². The lowest BCUT2D eigenvalue weighted by atomic mass is 9.82. The van der Waals surface area contributed by atoms with Gasteiger partial charge in [0.05, 0.1) is 17.3 Å². The summed E-state index contributed by atoms with van der Waals surface area (Å²) in [4.78, 5) is 4.21. The maximum atomic E-state index is 14.0. The molecule has 0 unspecified atom stereocenters. The summed E-state index contributed by atoms with van der Waals surface area (Å²) in [5.74, 6) is 0.00860. The largest absolute Gasteiger partial charge is 0.398 e. The SMILES string of the molecule is Nc1cc(F)c(NCC2CC(O)C2)c2ncccc12. The molecular weight excluding hydrogens is 245 g/mol. The van der Waals surface area contributed by atoms with Crippen LogP contribution < -0.4 is 11.1 Å². The summed E-state index contributed by atoms with van der Waals surface area (Å²) >= 11 is 0. The number of anilines is 2. The molecule has 1 aromatic carbocycles. The number of fused-ring (bicyclic) bond motifs is 1. The number of aromatic nitrogens is 1. The third-order valence-electron chi connectivity index (χ3n) is 3.65. The molecule has 19 heavy (non-hydrogen) atoms. The number of rotatable bonds is 3. The Morgan fingerprint density at radius 3 is 3.00 bits per heavy atom. The highest BCUT2D eigenvalue weighted by Crippen LogP contribution is 2.32. The van der Waals surface area contributed by atoms with Crippen molar-refractivity contribution in [1.82, 2.24) is 4.98 Å². The fraction of sp³-hybridized carbons (Fsp3) is 0.357. The van der Waals surface area contributed by atoms with Gasteiger partial charge in [0.1, 0.15) is 0 Å². The third-order valence-corrected chi connectivity index (χ3v) is 3.65. The Labute approximate surface area is 110 Å². The molecule has 1 saturated carbocycles. The van der Waals surface area contributed by atoms with Crippen LogP contribution in [-0.4, -0.2) is 22.7 Å². The van der Waals surface area contributed by atoms with Gasteiger partial charge in [-0.1, -0.05) is 0 Å². The van der Waals surface area contributed by atoms with E-state index in [2.05, 4.69) is 10.3 Å². The zero-order valence-electron chi connectivity index (χ0n) is 10.4. The summed E-state index contributed by atoms with van der Waals surface area (Å²) in [6, 6.07) is 4.93. The van der Waals surface area contributed by atoms with E-state index in [0.29, 0.717) is 29.4 Å². The van der Waals surface area contributed by atoms with Gasteiger partial charge in [0, 0.05) is 23.8 Å². The Hall–Kier alpha value is -1.88. The van der Waals surface area contributed by atoms with Gasteiger partial charge in [-0.2, -0.15) is 0 Å². The molecule has 1 heterocycles. The van der Waals surface area contributed by atoms with E-state index in [1.165, 1.54) is 6.07 Å². The van der Waals surface area contributed by atoms with E-state index >= 15 is 0 Å². The maximum absolute atomic E-state index is 14.0. The average Bonchev–Trinajstić information content (AvgIpc) is 2.36. The van der Waals surface area contributed by atoms with Gasteiger partial charge in [0.2, 0.25) is 0 Å². The number of benzene rings is 1. The number of hydrogen-bond donors (Lipinski definition) is 3. The van der Waals surface area contributed by atoms with Gasteiger partial charge >= 0.3 is 0 Å². The molecule has 3 rings (SSSR count). The molecule has 4 N–H and O–H groups in total. The van der Waals surface area contributed by atoms with E-state index in [1.807, 2.05) is 6.07 Å². The Morgan fingerprint density at radius 1 is 1.47 bits per heavy atom. The van der Waals surface area contributed by atoms with Crippen molar-refractivity contribution in [1.29, 1.82) is 0 Å². The topological polar surface area (TPSA) is 71.2 Å². The lowest BCUT2D eigenvalue weighted by Crippen LogP contribution is -2.33. The summed E-state index contributed by atoms with van der Waals surface area (Å²) in [5, 5.41) is 13.1. The second kappa shape index (κ2) is 4.66. The summed E-state index contributed by atoms with van der Waals surface area (Å²) < 4.78 is 14.0. The first-order valence-electron chi connectivity index (χ1n) is 6.40. The highest BCUT2D eigenvalue weighted by molar-refractivity contribution is 5.98. The second-order valence-corrected chi connectivity index (χ2v) is 5.09. The van der Waals surface area contributed by atoms with Gasteiger partial charge in [-0.05, 0) is 37.0 Å². The van der Waals surface area contributed by atoms with Crippen LogP contribution in [0.2, 0.25) is 0 Å². The van der Waals surface area contributed by atoms with Crippen molar-refractivity contribution in [3.05, 3.63) is 30.2 Å². The van der Waals surface area contributed by atoms with Gasteiger partial charge in [-0.15, -0.1) is 0 Å². The molecule has 0 saturated heterocycles. The Kier molecular flexibility index (Phi) is 2.98. The number of aliphatic hydroxyl groups excluding tert-OH is 1. The van der Waals surface area contributed by atoms with E-state index in [-0.39, 0.29) is 11.9 Å². The van der Waals surface area contributed by atoms with Gasteiger partial charge < -0.3 is 16.2 Å². The zero-order chi connectivity index (χ0) is 13.4. The third kappa shape index (κ3) is 2.21. The van der Waals surface area contributed by atoms with Crippen LogP contribution >= 0.6 is 0 Å². The molecule has 5 heteroatoms. The quantitative estimate of drug-likeness (QED) is 0.740.